The average molecular weight is 313 g/mol. The molecule has 0 radical (unpaired) electrons. The molecule has 3 aromatic rings. The Morgan fingerprint density at radius 3 is 2.74 bits per heavy atom. The first kappa shape index (κ1) is 15.1. The molecule has 0 amide bonds. The Balaban J connectivity index is 1.48. The van der Waals surface area contributed by atoms with Crippen LogP contribution in [-0.4, -0.2) is 39.8 Å². The Kier molecular flexibility index (Phi) is 4.56. The lowest BCUT2D eigenvalue weighted by atomic mass is 10.3. The molecule has 2 aromatic heterocycles. The summed E-state index contributed by atoms with van der Waals surface area (Å²) in [7, 11) is 1.65. The van der Waals surface area contributed by atoms with Crippen molar-refractivity contribution in [3.8, 4) is 11.5 Å². The molecule has 0 aliphatic carbocycles. The van der Waals surface area contributed by atoms with Crippen LogP contribution in [-0.2, 0) is 0 Å². The van der Waals surface area contributed by atoms with Crippen LogP contribution >= 0.6 is 0 Å². The highest BCUT2D eigenvalue weighted by Gasteiger charge is 2.04. The largest absolute Gasteiger partial charge is 0.497 e. The van der Waals surface area contributed by atoms with Crippen LogP contribution in [0, 0.1) is 6.92 Å². The number of methoxy groups -OCH3 is 1. The second kappa shape index (κ2) is 6.95. The molecule has 120 valence electrons. The van der Waals surface area contributed by atoms with Crippen molar-refractivity contribution < 1.29 is 9.47 Å². The van der Waals surface area contributed by atoms with Crippen molar-refractivity contribution in [2.75, 3.05) is 25.6 Å². The molecule has 3 rings (SSSR count). The minimum absolute atomic E-state index is 0.599. The summed E-state index contributed by atoms with van der Waals surface area (Å²) in [5.74, 6) is 3.14. The molecule has 1 N–H and O–H groups in total. The molecule has 1 aromatic carbocycles. The van der Waals surface area contributed by atoms with Gasteiger partial charge in [0.15, 0.2) is 0 Å². The van der Waals surface area contributed by atoms with Crippen LogP contribution in [0.25, 0.3) is 5.78 Å². The van der Waals surface area contributed by atoms with Crippen LogP contribution in [0.4, 0.5) is 5.82 Å². The van der Waals surface area contributed by atoms with Crippen LogP contribution < -0.4 is 14.8 Å². The van der Waals surface area contributed by atoms with Crippen molar-refractivity contribution in [2.45, 2.75) is 13.3 Å². The molecule has 0 unspecified atom stereocenters. The fourth-order valence-electron chi connectivity index (χ4n) is 2.21. The van der Waals surface area contributed by atoms with Gasteiger partial charge in [-0.25, -0.2) is 4.98 Å². The van der Waals surface area contributed by atoms with Gasteiger partial charge in [0.1, 0.15) is 23.6 Å². The first-order valence-corrected chi connectivity index (χ1v) is 7.44. The van der Waals surface area contributed by atoms with E-state index in [-0.39, 0.29) is 0 Å². The van der Waals surface area contributed by atoms with Gasteiger partial charge < -0.3 is 14.8 Å². The molecule has 0 aliphatic rings. The number of aromatic nitrogens is 4. The molecule has 0 bridgehead atoms. The van der Waals surface area contributed by atoms with Crippen molar-refractivity contribution in [3.63, 3.8) is 0 Å². The van der Waals surface area contributed by atoms with Gasteiger partial charge in [0, 0.05) is 18.3 Å². The van der Waals surface area contributed by atoms with Crippen LogP contribution in [0.5, 0.6) is 11.5 Å². The molecular formula is C16H19N5O2. The molecule has 23 heavy (non-hydrogen) atoms. The zero-order valence-electron chi connectivity index (χ0n) is 13.2. The zero-order chi connectivity index (χ0) is 16.1. The van der Waals surface area contributed by atoms with Crippen LogP contribution in [0.1, 0.15) is 12.1 Å². The Bertz CT molecular complexity index is 770. The Hall–Kier alpha value is -2.83. The van der Waals surface area contributed by atoms with E-state index < -0.39 is 0 Å². The number of fused-ring (bicyclic) bond motifs is 1. The molecule has 7 heteroatoms. The highest BCUT2D eigenvalue weighted by Crippen LogP contribution is 2.17. The molecule has 0 saturated heterocycles. The molecular weight excluding hydrogens is 294 g/mol. The predicted octanol–water partition coefficient (Wildman–Crippen LogP) is 2.32. The van der Waals surface area contributed by atoms with E-state index in [2.05, 4.69) is 20.4 Å². The third-order valence-electron chi connectivity index (χ3n) is 3.34. The smallest absolute Gasteiger partial charge is 0.254 e. The molecule has 0 atom stereocenters. The average Bonchev–Trinajstić information content (AvgIpc) is 3.03. The maximum atomic E-state index is 5.70. The van der Waals surface area contributed by atoms with E-state index in [0.717, 1.165) is 36.0 Å². The molecule has 0 saturated carbocycles. The van der Waals surface area contributed by atoms with E-state index in [9.17, 15) is 0 Å². The predicted molar refractivity (Wildman–Crippen MR) is 87.1 cm³/mol. The first-order chi connectivity index (χ1) is 11.3. The molecule has 7 nitrogen and oxygen atoms in total. The summed E-state index contributed by atoms with van der Waals surface area (Å²) in [6.07, 6.45) is 2.36. The molecule has 0 aliphatic heterocycles. The van der Waals surface area contributed by atoms with E-state index in [4.69, 9.17) is 9.47 Å². The second-order valence-electron chi connectivity index (χ2n) is 5.06. The summed E-state index contributed by atoms with van der Waals surface area (Å²) in [5, 5.41) is 7.50. The van der Waals surface area contributed by atoms with Gasteiger partial charge in [-0.15, -0.1) is 0 Å². The van der Waals surface area contributed by atoms with Gasteiger partial charge in [0.25, 0.3) is 5.78 Å². The van der Waals surface area contributed by atoms with Crippen LogP contribution in [0.2, 0.25) is 0 Å². The topological polar surface area (TPSA) is 73.6 Å². The summed E-state index contributed by atoms with van der Waals surface area (Å²) >= 11 is 0. The van der Waals surface area contributed by atoms with E-state index in [1.807, 2.05) is 37.3 Å². The number of nitrogens with one attached hydrogen (secondary N) is 1. The fourth-order valence-corrected chi connectivity index (χ4v) is 2.21. The zero-order valence-corrected chi connectivity index (χ0v) is 13.2. The summed E-state index contributed by atoms with van der Waals surface area (Å²) in [6, 6.07) is 9.52. The molecule has 0 fully saturated rings. The third-order valence-corrected chi connectivity index (χ3v) is 3.34. The van der Waals surface area contributed by atoms with Crippen molar-refractivity contribution in [1.29, 1.82) is 0 Å². The lowest BCUT2D eigenvalue weighted by Crippen LogP contribution is -2.11. The highest BCUT2D eigenvalue weighted by molar-refractivity contribution is 5.44. The number of benzene rings is 1. The summed E-state index contributed by atoms with van der Waals surface area (Å²) in [4.78, 5) is 8.41. The number of rotatable bonds is 7. The maximum absolute atomic E-state index is 5.70. The normalized spacial score (nSPS) is 10.7. The highest BCUT2D eigenvalue weighted by atomic mass is 16.5. The fraction of sp³-hybridized carbons (Fsp3) is 0.312. The quantitative estimate of drug-likeness (QED) is 0.675. The number of aryl methyl sites for hydroxylation is 1. The van der Waals surface area contributed by atoms with Crippen molar-refractivity contribution in [2.24, 2.45) is 0 Å². The van der Waals surface area contributed by atoms with Gasteiger partial charge >= 0.3 is 0 Å². The Labute approximate surface area is 134 Å². The second-order valence-corrected chi connectivity index (χ2v) is 5.06. The van der Waals surface area contributed by atoms with Crippen molar-refractivity contribution in [1.82, 2.24) is 19.6 Å². The van der Waals surface area contributed by atoms with Crippen molar-refractivity contribution >= 4 is 11.6 Å². The summed E-state index contributed by atoms with van der Waals surface area (Å²) in [6.45, 7) is 3.34. The van der Waals surface area contributed by atoms with Gasteiger partial charge in [-0.3, -0.25) is 0 Å². The lowest BCUT2D eigenvalue weighted by Gasteiger charge is -2.10. The summed E-state index contributed by atoms with van der Waals surface area (Å²) < 4.78 is 12.5. The van der Waals surface area contributed by atoms with Gasteiger partial charge in [0.05, 0.1) is 13.7 Å². The number of hydrogen-bond donors (Lipinski definition) is 1. The Morgan fingerprint density at radius 1 is 1.17 bits per heavy atom. The van der Waals surface area contributed by atoms with Gasteiger partial charge in [0.2, 0.25) is 0 Å². The number of ether oxygens (including phenoxy) is 2. The van der Waals surface area contributed by atoms with Gasteiger partial charge in [-0.05, 0) is 37.6 Å². The SMILES string of the molecule is COc1ccc(OCCCNc2cc(C)nc3ncnn23)cc1. The molecule has 0 spiro atoms. The van der Waals surface area contributed by atoms with E-state index in [1.165, 1.54) is 6.33 Å². The van der Waals surface area contributed by atoms with Gasteiger partial charge in [-0.2, -0.15) is 14.6 Å². The first-order valence-electron chi connectivity index (χ1n) is 7.44. The Morgan fingerprint density at radius 2 is 1.96 bits per heavy atom. The lowest BCUT2D eigenvalue weighted by molar-refractivity contribution is 0.314. The standard InChI is InChI=1S/C16H19N5O2/c1-12-10-15(21-16(20-12)18-11-19-21)17-8-3-9-23-14-6-4-13(22-2)5-7-14/h4-7,10-11,17H,3,8-9H2,1-2H3. The number of anilines is 1. The van der Waals surface area contributed by atoms with Crippen LogP contribution in [0.15, 0.2) is 36.7 Å². The van der Waals surface area contributed by atoms with E-state index in [1.54, 1.807) is 11.6 Å². The maximum Gasteiger partial charge on any atom is 0.254 e. The monoisotopic (exact) mass is 313 g/mol. The van der Waals surface area contributed by atoms with E-state index >= 15 is 0 Å². The van der Waals surface area contributed by atoms with E-state index in [0.29, 0.717) is 12.4 Å². The van der Waals surface area contributed by atoms with Crippen molar-refractivity contribution in [3.05, 3.63) is 42.4 Å². The summed E-state index contributed by atoms with van der Waals surface area (Å²) in [5.41, 5.74) is 0.905. The number of nitrogens with zero attached hydrogens (tertiary/aromatic N) is 4. The minimum Gasteiger partial charge on any atom is -0.497 e. The van der Waals surface area contributed by atoms with Crippen LogP contribution in [0.3, 0.4) is 0 Å². The molecule has 2 heterocycles. The third kappa shape index (κ3) is 3.68. The van der Waals surface area contributed by atoms with Gasteiger partial charge in [-0.1, -0.05) is 0 Å². The number of hydrogen-bond acceptors (Lipinski definition) is 6. The minimum atomic E-state index is 0.599.